The van der Waals surface area contributed by atoms with E-state index in [4.69, 9.17) is 9.47 Å². The summed E-state index contributed by atoms with van der Waals surface area (Å²) in [7, 11) is 1.33. The molecule has 0 aromatic carbocycles. The lowest BCUT2D eigenvalue weighted by Gasteiger charge is -2.15. The van der Waals surface area contributed by atoms with Gasteiger partial charge in [-0.15, -0.1) is 24.2 Å². The number of amides is 1. The maximum absolute atomic E-state index is 10.9. The Hall–Kier alpha value is -1.88. The number of thiophene rings is 1. The van der Waals surface area contributed by atoms with E-state index in [9.17, 15) is 9.59 Å². The Morgan fingerprint density at radius 2 is 2.12 bits per heavy atom. The molecular weight excluding hydrogens is 342 g/mol. The zero-order valence-corrected chi connectivity index (χ0v) is 16.4. The minimum absolute atomic E-state index is 0.277. The van der Waals surface area contributed by atoms with Crippen LogP contribution in [0.15, 0.2) is 17.5 Å². The number of esters is 1. The van der Waals surface area contributed by atoms with E-state index < -0.39 is 11.9 Å². The zero-order chi connectivity index (χ0) is 19.7. The number of nitrogens with one attached hydrogen (secondary N) is 1. The summed E-state index contributed by atoms with van der Waals surface area (Å²) in [5.41, 5.74) is 0. The molecular formula is C18H29NO5S. The van der Waals surface area contributed by atoms with Gasteiger partial charge in [0, 0.05) is 11.4 Å². The number of hydrogen-bond donors (Lipinski definition) is 1. The Balaban J connectivity index is 0. The molecule has 1 saturated heterocycles. The first-order chi connectivity index (χ1) is 12.0. The monoisotopic (exact) mass is 371 g/mol. The summed E-state index contributed by atoms with van der Waals surface area (Å²) in [6, 6.07) is 4.08. The summed E-state index contributed by atoms with van der Waals surface area (Å²) in [5.74, 6) is -1.03. The number of ether oxygens (including phenoxy) is 3. The fourth-order valence-electron chi connectivity index (χ4n) is 1.64. The lowest BCUT2D eigenvalue weighted by atomic mass is 10.3. The molecule has 7 heteroatoms. The van der Waals surface area contributed by atoms with E-state index >= 15 is 0 Å². The van der Waals surface area contributed by atoms with Crippen molar-refractivity contribution < 1.29 is 23.8 Å². The molecule has 1 aromatic rings. The Morgan fingerprint density at radius 3 is 2.52 bits per heavy atom. The van der Waals surface area contributed by atoms with Crippen LogP contribution in [-0.4, -0.2) is 44.5 Å². The second-order valence-electron chi connectivity index (χ2n) is 4.74. The fourth-order valence-corrected chi connectivity index (χ4v) is 2.35. The normalized spacial score (nSPS) is 16.5. The van der Waals surface area contributed by atoms with Gasteiger partial charge in [-0.2, -0.15) is 0 Å². The molecule has 1 atom stereocenters. The van der Waals surface area contributed by atoms with Crippen LogP contribution in [0.1, 0.15) is 32.6 Å². The number of rotatable bonds is 5. The van der Waals surface area contributed by atoms with E-state index in [0.717, 1.165) is 19.4 Å². The molecule has 1 aromatic heterocycles. The molecule has 1 aliphatic rings. The van der Waals surface area contributed by atoms with Crippen molar-refractivity contribution >= 4 is 23.7 Å². The van der Waals surface area contributed by atoms with Crippen LogP contribution >= 0.6 is 11.3 Å². The van der Waals surface area contributed by atoms with Crippen molar-refractivity contribution in [3.05, 3.63) is 22.4 Å². The number of carbonyl (C=O) groups excluding carboxylic acids is 2. The van der Waals surface area contributed by atoms with Crippen molar-refractivity contribution in [2.45, 2.75) is 46.0 Å². The summed E-state index contributed by atoms with van der Waals surface area (Å²) in [5, 5.41) is 4.65. The number of carbonyl (C=O) groups is 2. The quantitative estimate of drug-likeness (QED) is 0.373. The molecule has 0 unspecified atom stereocenters. The second kappa shape index (κ2) is 15.6. The van der Waals surface area contributed by atoms with Crippen LogP contribution in [0, 0.1) is 12.8 Å². The predicted octanol–water partition coefficient (Wildman–Crippen LogP) is 2.62. The minimum atomic E-state index is -0.654. The molecule has 0 aliphatic carbocycles. The molecule has 2 heterocycles. The van der Waals surface area contributed by atoms with Crippen LogP contribution in [0.4, 0.5) is 0 Å². The molecule has 142 valence electrons. The highest BCUT2D eigenvalue weighted by molar-refractivity contribution is 7.09. The van der Waals surface area contributed by atoms with E-state index in [1.165, 1.54) is 12.0 Å². The van der Waals surface area contributed by atoms with Gasteiger partial charge in [-0.25, -0.2) is 4.79 Å². The third kappa shape index (κ3) is 12.2. The van der Waals surface area contributed by atoms with Crippen molar-refractivity contribution in [2.75, 3.05) is 20.3 Å². The Bertz CT molecular complexity index is 471. The predicted molar refractivity (Wildman–Crippen MR) is 100 cm³/mol. The topological polar surface area (TPSA) is 73.9 Å². The average Bonchev–Trinajstić information content (AvgIpc) is 3.28. The molecule has 0 saturated carbocycles. The smallest absolute Gasteiger partial charge is 0.337 e. The van der Waals surface area contributed by atoms with Crippen LogP contribution in [-0.2, 0) is 30.2 Å². The van der Waals surface area contributed by atoms with Crippen LogP contribution < -0.4 is 5.32 Å². The number of terminal acetylenes is 1. The Morgan fingerprint density at radius 1 is 1.48 bits per heavy atom. The van der Waals surface area contributed by atoms with Gasteiger partial charge in [-0.3, -0.25) is 4.79 Å². The first-order valence-electron chi connectivity index (χ1n) is 7.91. The van der Waals surface area contributed by atoms with Crippen LogP contribution in [0.3, 0.4) is 0 Å². The molecule has 2 rings (SSSR count). The second-order valence-corrected chi connectivity index (χ2v) is 5.77. The lowest BCUT2D eigenvalue weighted by molar-refractivity contribution is -0.167. The van der Waals surface area contributed by atoms with Gasteiger partial charge in [0.15, 0.2) is 11.9 Å². The van der Waals surface area contributed by atoms with Gasteiger partial charge in [0.05, 0.1) is 13.7 Å². The first-order valence-corrected chi connectivity index (χ1v) is 8.79. The molecule has 0 radical (unpaired) electrons. The van der Waals surface area contributed by atoms with Crippen molar-refractivity contribution in [3.63, 3.8) is 0 Å². The number of hydrogen-bond acceptors (Lipinski definition) is 6. The summed E-state index contributed by atoms with van der Waals surface area (Å²) in [4.78, 5) is 22.0. The largest absolute Gasteiger partial charge is 0.467 e. The third-order valence-electron chi connectivity index (χ3n) is 2.65. The van der Waals surface area contributed by atoms with Gasteiger partial charge >= 0.3 is 5.97 Å². The Labute approximate surface area is 154 Å². The van der Waals surface area contributed by atoms with E-state index in [1.807, 2.05) is 25.3 Å². The van der Waals surface area contributed by atoms with Crippen molar-refractivity contribution in [2.24, 2.45) is 0 Å². The molecule has 1 fully saturated rings. The Kier molecular flexibility index (Phi) is 15.9. The van der Waals surface area contributed by atoms with Gasteiger partial charge in [0.25, 0.3) is 0 Å². The van der Waals surface area contributed by atoms with Crippen molar-refractivity contribution in [1.82, 2.24) is 5.32 Å². The molecule has 25 heavy (non-hydrogen) atoms. The van der Waals surface area contributed by atoms with Gasteiger partial charge in [0.1, 0.15) is 0 Å². The summed E-state index contributed by atoms with van der Waals surface area (Å²) >= 11 is 1.72. The highest BCUT2D eigenvalue weighted by atomic mass is 32.1. The molecule has 0 bridgehead atoms. The van der Waals surface area contributed by atoms with E-state index in [0.29, 0.717) is 0 Å². The van der Waals surface area contributed by atoms with Gasteiger partial charge in [0.2, 0.25) is 6.41 Å². The summed E-state index contributed by atoms with van der Waals surface area (Å²) in [6.07, 6.45) is 9.11. The third-order valence-corrected chi connectivity index (χ3v) is 3.59. The average molecular weight is 371 g/mol. The minimum Gasteiger partial charge on any atom is -0.467 e. The molecule has 1 amide bonds. The fraction of sp³-hybridized carbons (Fsp3) is 0.556. The molecule has 0 spiro atoms. The zero-order valence-electron chi connectivity index (χ0n) is 15.6. The van der Waals surface area contributed by atoms with Gasteiger partial charge < -0.3 is 19.5 Å². The standard InChI is InChI=1S/C7H9NOS.C7H12O4.C2H6.C2H2/c9-6-8-4-3-7-2-1-5-10-7;1-7(2)10-4-5(11-7)6(8)9-3;2*1-2/h1-2,5-6H,3-4H2,(H,8,9);5H,4H2,1-3H3;1-2H3;1-2H/t;5-;;/m.1../s1. The maximum atomic E-state index is 10.9. The van der Waals surface area contributed by atoms with Crippen molar-refractivity contribution in [3.8, 4) is 12.8 Å². The number of methoxy groups -OCH3 is 1. The lowest BCUT2D eigenvalue weighted by Crippen LogP contribution is -2.27. The molecule has 1 aliphatic heterocycles. The van der Waals surface area contributed by atoms with Crippen LogP contribution in [0.25, 0.3) is 0 Å². The summed E-state index contributed by atoms with van der Waals surface area (Å²) in [6.45, 7) is 8.54. The highest BCUT2D eigenvalue weighted by Gasteiger charge is 2.37. The molecule has 1 N–H and O–H groups in total. The van der Waals surface area contributed by atoms with Gasteiger partial charge in [-0.05, 0) is 31.7 Å². The molecule has 6 nitrogen and oxygen atoms in total. The van der Waals surface area contributed by atoms with E-state index in [-0.39, 0.29) is 12.6 Å². The van der Waals surface area contributed by atoms with Crippen LogP contribution in [0.5, 0.6) is 0 Å². The van der Waals surface area contributed by atoms with Gasteiger partial charge in [-0.1, -0.05) is 19.9 Å². The van der Waals surface area contributed by atoms with E-state index in [2.05, 4.69) is 29.0 Å². The van der Waals surface area contributed by atoms with E-state index in [1.54, 1.807) is 25.2 Å². The van der Waals surface area contributed by atoms with Crippen molar-refractivity contribution in [1.29, 1.82) is 0 Å². The van der Waals surface area contributed by atoms with Crippen LogP contribution in [0.2, 0.25) is 0 Å². The SMILES string of the molecule is C#C.CC.COC(=O)[C@H]1COC(C)(C)O1.O=CNCCc1cccs1. The maximum Gasteiger partial charge on any atom is 0.337 e. The first kappa shape index (κ1) is 25.4. The summed E-state index contributed by atoms with van der Waals surface area (Å²) < 4.78 is 14.8. The highest BCUT2D eigenvalue weighted by Crippen LogP contribution is 2.22.